The van der Waals surface area contributed by atoms with E-state index in [0.29, 0.717) is 90.0 Å². The van der Waals surface area contributed by atoms with Gasteiger partial charge in [-0.3, -0.25) is 14.4 Å². The van der Waals surface area contributed by atoms with Crippen molar-refractivity contribution >= 4 is 29.8 Å². The van der Waals surface area contributed by atoms with Crippen molar-refractivity contribution in [3.63, 3.8) is 0 Å². The van der Waals surface area contributed by atoms with Gasteiger partial charge in [-0.2, -0.15) is 0 Å². The maximum atomic E-state index is 14.4. The molecule has 1 aromatic heterocycles. The highest BCUT2D eigenvalue weighted by molar-refractivity contribution is 5.93. The number of nitrogens with zero attached hydrogens (tertiary/aromatic N) is 5. The molecule has 66 heavy (non-hydrogen) atoms. The number of hydrogen-bond donors (Lipinski definition) is 4. The molecule has 4 N–H and O–H groups in total. The van der Waals surface area contributed by atoms with Gasteiger partial charge in [0, 0.05) is 45.3 Å². The van der Waals surface area contributed by atoms with Crippen molar-refractivity contribution in [1.82, 2.24) is 45.5 Å². The maximum absolute atomic E-state index is 14.4. The van der Waals surface area contributed by atoms with Crippen LogP contribution >= 0.6 is 0 Å². The van der Waals surface area contributed by atoms with Crippen molar-refractivity contribution in [2.24, 2.45) is 0 Å². The van der Waals surface area contributed by atoms with Gasteiger partial charge in [0.2, 0.25) is 11.8 Å². The van der Waals surface area contributed by atoms with Gasteiger partial charge in [-0.25, -0.2) is 14.6 Å². The van der Waals surface area contributed by atoms with Crippen LogP contribution in [0, 0.1) is 0 Å². The Labute approximate surface area is 385 Å². The number of morpholine rings is 2. The highest BCUT2D eigenvalue weighted by Crippen LogP contribution is 2.37. The van der Waals surface area contributed by atoms with E-state index in [1.54, 1.807) is 14.7 Å². The van der Waals surface area contributed by atoms with Crippen LogP contribution in [0.15, 0.2) is 91.1 Å². The first-order valence-electron chi connectivity index (χ1n) is 23.7. The van der Waals surface area contributed by atoms with Crippen LogP contribution in [-0.4, -0.2) is 137 Å². The lowest BCUT2D eigenvalue weighted by atomic mass is 9.81. The van der Waals surface area contributed by atoms with Gasteiger partial charge in [0.15, 0.2) is 0 Å². The summed E-state index contributed by atoms with van der Waals surface area (Å²) in [7, 11) is 0. The lowest BCUT2D eigenvalue weighted by molar-refractivity contribution is -0.140. The second-order valence-corrected chi connectivity index (χ2v) is 18.0. The predicted molar refractivity (Wildman–Crippen MR) is 246 cm³/mol. The summed E-state index contributed by atoms with van der Waals surface area (Å²) in [6.45, 7) is 4.74. The van der Waals surface area contributed by atoms with E-state index in [4.69, 9.17) is 14.5 Å². The number of carbonyl (C=O) groups is 5. The number of aromatic nitrogens is 2. The van der Waals surface area contributed by atoms with Gasteiger partial charge in [-0.05, 0) is 85.6 Å². The molecule has 348 valence electrons. The minimum atomic E-state index is -0.907. The Hall–Kier alpha value is -6.26. The first-order chi connectivity index (χ1) is 32.3. The van der Waals surface area contributed by atoms with E-state index in [9.17, 15) is 24.0 Å². The number of urea groups is 2. The third-order valence-electron chi connectivity index (χ3n) is 13.9. The first-order valence-corrected chi connectivity index (χ1v) is 23.7. The minimum absolute atomic E-state index is 0.00170. The Bertz CT molecular complexity index is 2310. The topological polar surface area (TPSA) is 182 Å². The predicted octanol–water partition coefficient (Wildman–Crippen LogP) is 5.44. The molecule has 16 nitrogen and oxygen atoms in total. The standard InChI is InChI=1S/C50H61N9O7/c60-46(42-17-9-23-59(42)48(62)44(36-12-5-2-6-13-36)55-50(64)57-26-30-66-31-27-57)52-39-20-18-34(19-21-39)37-14-7-15-38(32-37)40-33-51-45(53-40)41-16-8-22-58(41)47(61)43(35-10-3-1-4-11-35)54-49(63)56-24-28-65-29-25-56/h1-7,10-15,32-34,39,41-44H,8-9,16-31H2,(H,51,53)(H,52,60)(H,54,63)(H,55,64)/t34-,39-,41-,42-,43+,44+/m0/s1. The summed E-state index contributed by atoms with van der Waals surface area (Å²) in [6.07, 6.45) is 8.16. The van der Waals surface area contributed by atoms with Crippen LogP contribution in [0.25, 0.3) is 11.3 Å². The number of H-pyrrole nitrogens is 1. The highest BCUT2D eigenvalue weighted by Gasteiger charge is 2.41. The highest BCUT2D eigenvalue weighted by atomic mass is 16.5. The monoisotopic (exact) mass is 899 g/mol. The first kappa shape index (κ1) is 44.9. The lowest BCUT2D eigenvalue weighted by Gasteiger charge is -2.33. The Balaban J connectivity index is 0.808. The number of imidazole rings is 1. The van der Waals surface area contributed by atoms with Gasteiger partial charge in [0.1, 0.15) is 23.9 Å². The number of carbonyl (C=O) groups excluding carboxylic acids is 5. The lowest BCUT2D eigenvalue weighted by Crippen LogP contribution is -2.54. The summed E-state index contributed by atoms with van der Waals surface area (Å²) in [4.78, 5) is 84.3. The molecule has 7 amide bonds. The Morgan fingerprint density at radius 3 is 1.79 bits per heavy atom. The van der Waals surface area contributed by atoms with Crippen molar-refractivity contribution in [2.45, 2.75) is 87.5 Å². The molecule has 3 aromatic carbocycles. The number of rotatable bonds is 11. The summed E-state index contributed by atoms with van der Waals surface area (Å²) in [5.41, 5.74) is 4.53. The molecule has 5 heterocycles. The maximum Gasteiger partial charge on any atom is 0.318 e. The Kier molecular flexibility index (Phi) is 14.2. The van der Waals surface area contributed by atoms with E-state index < -0.39 is 18.1 Å². The van der Waals surface area contributed by atoms with E-state index in [0.717, 1.165) is 61.2 Å². The van der Waals surface area contributed by atoms with Crippen molar-refractivity contribution < 1.29 is 33.4 Å². The number of ether oxygens (including phenoxy) is 2. The number of nitrogens with one attached hydrogen (secondary N) is 4. The van der Waals surface area contributed by atoms with Crippen molar-refractivity contribution in [2.75, 3.05) is 65.7 Å². The second kappa shape index (κ2) is 20.9. The Morgan fingerprint density at radius 1 is 0.621 bits per heavy atom. The molecule has 16 heteroatoms. The number of benzene rings is 3. The van der Waals surface area contributed by atoms with Gasteiger partial charge in [-0.15, -0.1) is 0 Å². The van der Waals surface area contributed by atoms with Crippen LogP contribution in [0.1, 0.15) is 97.9 Å². The number of likely N-dealkylation sites (tertiary alicyclic amines) is 2. The molecule has 1 saturated carbocycles. The molecule has 0 spiro atoms. The van der Waals surface area contributed by atoms with Crippen LogP contribution < -0.4 is 16.0 Å². The van der Waals surface area contributed by atoms with Crippen LogP contribution in [0.4, 0.5) is 9.59 Å². The zero-order valence-electron chi connectivity index (χ0n) is 37.4. The second-order valence-electron chi connectivity index (χ2n) is 18.0. The fourth-order valence-corrected chi connectivity index (χ4v) is 10.3. The number of aromatic amines is 1. The molecule has 9 rings (SSSR count). The minimum Gasteiger partial charge on any atom is -0.378 e. The van der Waals surface area contributed by atoms with Gasteiger partial charge in [-0.1, -0.05) is 78.9 Å². The number of amides is 7. The average Bonchev–Trinajstić information content (AvgIpc) is 4.18. The van der Waals surface area contributed by atoms with Gasteiger partial charge in [0.05, 0.1) is 44.4 Å². The van der Waals surface area contributed by atoms with Gasteiger partial charge >= 0.3 is 12.1 Å². The van der Waals surface area contributed by atoms with Crippen LogP contribution in [-0.2, 0) is 23.9 Å². The molecular formula is C50H61N9O7. The fourth-order valence-electron chi connectivity index (χ4n) is 10.3. The van der Waals surface area contributed by atoms with E-state index in [1.807, 2.05) is 71.8 Å². The third kappa shape index (κ3) is 10.2. The molecular weight excluding hydrogens is 839 g/mol. The smallest absolute Gasteiger partial charge is 0.318 e. The quantitative estimate of drug-likeness (QED) is 0.154. The summed E-state index contributed by atoms with van der Waals surface area (Å²) in [5.74, 6) is 0.470. The SMILES string of the molecule is O=C(N[C@H]1CC[C@H](c2cccc(-c3cnc([C@@H]4CCCN4C(=O)[C@H](NC(=O)N4CCOCC4)c4ccccc4)[nH]3)c2)CC1)[C@@H]1CCCN1C(=O)[C@H](NC(=O)N1CCOCC1)c1ccccc1. The summed E-state index contributed by atoms with van der Waals surface area (Å²) in [5, 5.41) is 9.30. The molecule has 4 atom stereocenters. The largest absolute Gasteiger partial charge is 0.378 e. The molecule has 0 unspecified atom stereocenters. The molecule has 5 aliphatic rings. The molecule has 0 radical (unpaired) electrons. The van der Waals surface area contributed by atoms with Crippen LogP contribution in [0.3, 0.4) is 0 Å². The average molecular weight is 900 g/mol. The molecule has 4 aliphatic heterocycles. The van der Waals surface area contributed by atoms with E-state index in [1.165, 1.54) is 5.56 Å². The Morgan fingerprint density at radius 2 is 1.18 bits per heavy atom. The zero-order valence-corrected chi connectivity index (χ0v) is 37.4. The number of hydrogen-bond acceptors (Lipinski definition) is 8. The molecule has 4 aromatic rings. The van der Waals surface area contributed by atoms with Gasteiger partial charge < -0.3 is 50.0 Å². The summed E-state index contributed by atoms with van der Waals surface area (Å²) >= 11 is 0. The summed E-state index contributed by atoms with van der Waals surface area (Å²) in [6, 6.07) is 24.0. The third-order valence-corrected chi connectivity index (χ3v) is 13.9. The van der Waals surface area contributed by atoms with Crippen LogP contribution in [0.5, 0.6) is 0 Å². The summed E-state index contributed by atoms with van der Waals surface area (Å²) < 4.78 is 10.8. The van der Waals surface area contributed by atoms with E-state index >= 15 is 0 Å². The van der Waals surface area contributed by atoms with Crippen LogP contribution in [0.2, 0.25) is 0 Å². The van der Waals surface area contributed by atoms with E-state index in [-0.39, 0.29) is 41.9 Å². The van der Waals surface area contributed by atoms with Crippen molar-refractivity contribution in [3.8, 4) is 11.3 Å². The van der Waals surface area contributed by atoms with Gasteiger partial charge in [0.25, 0.3) is 5.91 Å². The fraction of sp³-hybridized carbons (Fsp3) is 0.480. The molecule has 4 saturated heterocycles. The molecule has 5 fully saturated rings. The van der Waals surface area contributed by atoms with Crippen molar-refractivity contribution in [1.29, 1.82) is 0 Å². The molecule has 0 bridgehead atoms. The van der Waals surface area contributed by atoms with E-state index in [2.05, 4.69) is 45.2 Å². The molecule has 1 aliphatic carbocycles. The normalized spacial score (nSPS) is 23.2. The van der Waals surface area contributed by atoms with Crippen molar-refractivity contribution in [3.05, 3.63) is 114 Å². The zero-order chi connectivity index (χ0) is 45.4.